The molecule has 22 heavy (non-hydrogen) atoms. The van der Waals surface area contributed by atoms with Crippen molar-refractivity contribution in [1.82, 2.24) is 16.2 Å². The topological polar surface area (TPSA) is 65.2 Å². The molecule has 1 saturated carbocycles. The Morgan fingerprint density at radius 2 is 1.91 bits per heavy atom. The number of amides is 1. The lowest BCUT2D eigenvalue weighted by atomic mass is 9.86. The minimum Gasteiger partial charge on any atom is -0.376 e. The first kappa shape index (κ1) is 16.5. The molecule has 0 bridgehead atoms. The zero-order valence-electron chi connectivity index (χ0n) is 12.9. The van der Waals surface area contributed by atoms with E-state index < -0.39 is 0 Å². The van der Waals surface area contributed by atoms with Crippen LogP contribution in [0.15, 0.2) is 30.3 Å². The third-order valence-electron chi connectivity index (χ3n) is 3.97. The molecule has 0 aromatic heterocycles. The van der Waals surface area contributed by atoms with Gasteiger partial charge in [0.1, 0.15) is 0 Å². The predicted molar refractivity (Wildman–Crippen MR) is 93.4 cm³/mol. The van der Waals surface area contributed by atoms with Crippen molar-refractivity contribution in [2.24, 2.45) is 5.92 Å². The Balaban J connectivity index is 1.64. The molecule has 0 unspecified atom stereocenters. The number of anilines is 1. The van der Waals surface area contributed by atoms with Crippen molar-refractivity contribution in [2.45, 2.75) is 38.6 Å². The number of benzene rings is 1. The lowest BCUT2D eigenvalue weighted by Gasteiger charge is -2.30. The van der Waals surface area contributed by atoms with E-state index in [1.54, 1.807) is 0 Å². The van der Waals surface area contributed by atoms with E-state index in [2.05, 4.69) is 28.4 Å². The molecule has 1 aliphatic rings. The van der Waals surface area contributed by atoms with E-state index in [-0.39, 0.29) is 12.5 Å². The highest BCUT2D eigenvalue weighted by atomic mass is 32.1. The quantitative estimate of drug-likeness (QED) is 0.506. The van der Waals surface area contributed by atoms with Crippen molar-refractivity contribution in [3.05, 3.63) is 30.3 Å². The summed E-state index contributed by atoms with van der Waals surface area (Å²) in [6.45, 7) is 2.43. The standard InChI is InChI=1S/C16H24N4OS/c1-12-7-5-6-10-14(12)18-16(22)20-19-15(21)11-17-13-8-3-2-4-9-13/h2-4,8-9,12,14,17H,5-7,10-11H2,1H3,(H,19,21)(H2,18,20,22)/t12-,14-/m1/s1. The fourth-order valence-electron chi connectivity index (χ4n) is 2.64. The second-order valence-corrected chi connectivity index (χ2v) is 6.14. The zero-order chi connectivity index (χ0) is 15.8. The molecule has 1 aromatic rings. The first-order valence-electron chi connectivity index (χ1n) is 7.79. The Bertz CT molecular complexity index is 494. The van der Waals surface area contributed by atoms with Gasteiger partial charge < -0.3 is 10.6 Å². The minimum absolute atomic E-state index is 0.162. The highest BCUT2D eigenvalue weighted by Crippen LogP contribution is 2.23. The summed E-state index contributed by atoms with van der Waals surface area (Å²) in [5.74, 6) is 0.452. The van der Waals surface area contributed by atoms with Crippen LogP contribution in [0.3, 0.4) is 0 Å². The first-order valence-corrected chi connectivity index (χ1v) is 8.20. The molecule has 1 aromatic carbocycles. The third kappa shape index (κ3) is 5.52. The second-order valence-electron chi connectivity index (χ2n) is 5.73. The van der Waals surface area contributed by atoms with Gasteiger partial charge in [-0.15, -0.1) is 0 Å². The molecule has 0 aliphatic heterocycles. The van der Waals surface area contributed by atoms with E-state index in [1.807, 2.05) is 30.3 Å². The van der Waals surface area contributed by atoms with Crippen LogP contribution in [0, 0.1) is 5.92 Å². The van der Waals surface area contributed by atoms with Crippen molar-refractivity contribution in [3.63, 3.8) is 0 Å². The summed E-state index contributed by atoms with van der Waals surface area (Å²) < 4.78 is 0. The van der Waals surface area contributed by atoms with Crippen LogP contribution < -0.4 is 21.5 Å². The Morgan fingerprint density at radius 1 is 1.18 bits per heavy atom. The summed E-state index contributed by atoms with van der Waals surface area (Å²) in [7, 11) is 0. The molecular formula is C16H24N4OS. The average molecular weight is 320 g/mol. The molecule has 0 saturated heterocycles. The number of thiocarbonyl (C=S) groups is 1. The molecule has 4 N–H and O–H groups in total. The number of hydrazine groups is 1. The Kier molecular flexibility index (Phi) is 6.45. The molecule has 0 radical (unpaired) electrons. The first-order chi connectivity index (χ1) is 10.6. The van der Waals surface area contributed by atoms with E-state index in [4.69, 9.17) is 12.2 Å². The van der Waals surface area contributed by atoms with Crippen LogP contribution in [0.4, 0.5) is 5.69 Å². The maximum absolute atomic E-state index is 11.8. The number of carbonyl (C=O) groups is 1. The normalized spacial score (nSPS) is 20.8. The molecule has 1 amide bonds. The van der Waals surface area contributed by atoms with Gasteiger partial charge in [0, 0.05) is 11.7 Å². The summed E-state index contributed by atoms with van der Waals surface area (Å²) in [4.78, 5) is 11.8. The molecule has 0 heterocycles. The van der Waals surface area contributed by atoms with Crippen molar-refractivity contribution in [1.29, 1.82) is 0 Å². The van der Waals surface area contributed by atoms with E-state index in [9.17, 15) is 4.79 Å². The molecule has 120 valence electrons. The summed E-state index contributed by atoms with van der Waals surface area (Å²) in [5, 5.41) is 6.80. The lowest BCUT2D eigenvalue weighted by Crippen LogP contribution is -2.52. The molecule has 0 spiro atoms. The van der Waals surface area contributed by atoms with Gasteiger partial charge in [-0.2, -0.15) is 0 Å². The van der Waals surface area contributed by atoms with Gasteiger partial charge in [-0.3, -0.25) is 15.6 Å². The predicted octanol–water partition coefficient (Wildman–Crippen LogP) is 2.17. The van der Waals surface area contributed by atoms with Gasteiger partial charge in [-0.05, 0) is 43.1 Å². The minimum atomic E-state index is -0.162. The fraction of sp³-hybridized carbons (Fsp3) is 0.500. The molecule has 1 aliphatic carbocycles. The second kappa shape index (κ2) is 8.58. The van der Waals surface area contributed by atoms with Gasteiger partial charge >= 0.3 is 0 Å². The van der Waals surface area contributed by atoms with Crippen LogP contribution in [-0.4, -0.2) is 23.6 Å². The highest BCUT2D eigenvalue weighted by molar-refractivity contribution is 7.80. The number of carbonyl (C=O) groups excluding carboxylic acids is 1. The van der Waals surface area contributed by atoms with Gasteiger partial charge in [0.2, 0.25) is 0 Å². The van der Waals surface area contributed by atoms with Crippen molar-refractivity contribution < 1.29 is 4.79 Å². The van der Waals surface area contributed by atoms with E-state index in [0.717, 1.165) is 12.1 Å². The summed E-state index contributed by atoms with van der Waals surface area (Å²) in [5.41, 5.74) is 6.28. The number of para-hydroxylation sites is 1. The van der Waals surface area contributed by atoms with Gasteiger partial charge in [-0.25, -0.2) is 0 Å². The largest absolute Gasteiger partial charge is 0.376 e. The number of nitrogens with one attached hydrogen (secondary N) is 4. The van der Waals surface area contributed by atoms with E-state index in [0.29, 0.717) is 17.1 Å². The maximum atomic E-state index is 11.8. The molecule has 6 heteroatoms. The highest BCUT2D eigenvalue weighted by Gasteiger charge is 2.21. The van der Waals surface area contributed by atoms with Gasteiger partial charge in [0.15, 0.2) is 5.11 Å². The Morgan fingerprint density at radius 3 is 2.64 bits per heavy atom. The summed E-state index contributed by atoms with van der Waals surface area (Å²) in [6, 6.07) is 10.00. The van der Waals surface area contributed by atoms with E-state index in [1.165, 1.54) is 19.3 Å². The Hall–Kier alpha value is -1.82. The SMILES string of the molecule is C[C@@H]1CCCC[C@H]1NC(=S)NNC(=O)CNc1ccccc1. The summed E-state index contributed by atoms with van der Waals surface area (Å²) in [6.07, 6.45) is 4.89. The summed E-state index contributed by atoms with van der Waals surface area (Å²) >= 11 is 5.23. The fourth-order valence-corrected chi connectivity index (χ4v) is 2.85. The van der Waals surface area contributed by atoms with Crippen LogP contribution in [-0.2, 0) is 4.79 Å². The van der Waals surface area contributed by atoms with Crippen LogP contribution in [0.25, 0.3) is 0 Å². The monoisotopic (exact) mass is 320 g/mol. The molecule has 1 fully saturated rings. The van der Waals surface area contributed by atoms with E-state index >= 15 is 0 Å². The molecule has 5 nitrogen and oxygen atoms in total. The zero-order valence-corrected chi connectivity index (χ0v) is 13.7. The van der Waals surface area contributed by atoms with Gasteiger partial charge in [-0.1, -0.05) is 38.0 Å². The Labute approximate surface area is 137 Å². The lowest BCUT2D eigenvalue weighted by molar-refractivity contribution is -0.119. The van der Waals surface area contributed by atoms with Crippen molar-refractivity contribution >= 4 is 28.9 Å². The third-order valence-corrected chi connectivity index (χ3v) is 4.19. The average Bonchev–Trinajstić information content (AvgIpc) is 2.54. The number of hydrogen-bond donors (Lipinski definition) is 4. The molecule has 2 rings (SSSR count). The molecular weight excluding hydrogens is 296 g/mol. The number of hydrogen-bond acceptors (Lipinski definition) is 3. The maximum Gasteiger partial charge on any atom is 0.257 e. The number of rotatable bonds is 4. The van der Waals surface area contributed by atoms with Crippen molar-refractivity contribution in [2.75, 3.05) is 11.9 Å². The van der Waals surface area contributed by atoms with Gasteiger partial charge in [0.05, 0.1) is 6.54 Å². The van der Waals surface area contributed by atoms with Gasteiger partial charge in [0.25, 0.3) is 5.91 Å². The van der Waals surface area contributed by atoms with Crippen LogP contribution in [0.5, 0.6) is 0 Å². The van der Waals surface area contributed by atoms with Crippen LogP contribution in [0.1, 0.15) is 32.6 Å². The smallest absolute Gasteiger partial charge is 0.257 e. The molecule has 2 atom stereocenters. The van der Waals surface area contributed by atoms with Crippen molar-refractivity contribution in [3.8, 4) is 0 Å². The van der Waals surface area contributed by atoms with Crippen LogP contribution in [0.2, 0.25) is 0 Å². The van der Waals surface area contributed by atoms with Crippen LogP contribution >= 0.6 is 12.2 Å².